The van der Waals surface area contributed by atoms with E-state index in [9.17, 15) is 9.59 Å². The van der Waals surface area contributed by atoms with Crippen LogP contribution in [-0.2, 0) is 4.74 Å². The Balaban J connectivity index is 1.90. The molecule has 3 aromatic carbocycles. The topological polar surface area (TPSA) is 46.6 Å². The van der Waals surface area contributed by atoms with Gasteiger partial charge in [-0.05, 0) is 55.3 Å². The minimum atomic E-state index is -1.00. The maximum Gasteiger partial charge on any atom is 0.339 e. The van der Waals surface area contributed by atoms with E-state index < -0.39 is 12.1 Å². The molecule has 0 aromatic heterocycles. The van der Waals surface area contributed by atoms with Crippen molar-refractivity contribution in [3.63, 3.8) is 0 Å². The van der Waals surface area contributed by atoms with Crippen molar-refractivity contribution in [2.24, 2.45) is 0 Å². The highest BCUT2D eigenvalue weighted by molar-refractivity contribution is 6.02. The second-order valence-corrected chi connectivity index (χ2v) is 7.30. The van der Waals surface area contributed by atoms with Crippen LogP contribution < -0.4 is 4.90 Å². The number of carbonyl (C=O) groups excluding carboxylic acids is 2. The van der Waals surface area contributed by atoms with Gasteiger partial charge < -0.3 is 9.64 Å². The number of ketones is 1. The number of anilines is 1. The third kappa shape index (κ3) is 4.72. The normalized spacial score (nSPS) is 11.6. The summed E-state index contributed by atoms with van der Waals surface area (Å²) in [6.07, 6.45) is -1.00. The lowest BCUT2D eigenvalue weighted by molar-refractivity contribution is 0.0280. The first-order valence-electron chi connectivity index (χ1n) is 9.51. The van der Waals surface area contributed by atoms with Crippen LogP contribution in [0.15, 0.2) is 72.8 Å². The largest absolute Gasteiger partial charge is 0.445 e. The van der Waals surface area contributed by atoms with Crippen molar-refractivity contribution in [2.45, 2.75) is 20.0 Å². The lowest BCUT2D eigenvalue weighted by atomic mass is 9.97. The zero-order chi connectivity index (χ0) is 21.0. The summed E-state index contributed by atoms with van der Waals surface area (Å²) in [7, 11) is 3.86. The zero-order valence-electron chi connectivity index (χ0n) is 17.2. The molecule has 0 aliphatic heterocycles. The molecule has 0 aliphatic rings. The highest BCUT2D eigenvalue weighted by Crippen LogP contribution is 2.25. The Kier molecular flexibility index (Phi) is 6.13. The van der Waals surface area contributed by atoms with E-state index in [0.717, 1.165) is 16.8 Å². The Labute approximate surface area is 171 Å². The molecule has 0 bridgehead atoms. The molecule has 4 heteroatoms. The SMILES string of the molecule is Cc1ccc(C(=O)C(OC(=O)c2ccc(N(C)C)cc2)c2ccccc2)cc1C. The molecule has 1 atom stereocenters. The summed E-state index contributed by atoms with van der Waals surface area (Å²) in [5.41, 5.74) is 4.69. The number of esters is 1. The van der Waals surface area contributed by atoms with Crippen molar-refractivity contribution < 1.29 is 14.3 Å². The molecule has 0 saturated carbocycles. The molecule has 0 saturated heterocycles. The first-order valence-corrected chi connectivity index (χ1v) is 9.51. The van der Waals surface area contributed by atoms with Crippen LogP contribution in [-0.4, -0.2) is 25.8 Å². The number of Topliss-reactive ketones (excluding diaryl/α,β-unsaturated/α-hetero) is 1. The first-order chi connectivity index (χ1) is 13.9. The van der Waals surface area contributed by atoms with Crippen molar-refractivity contribution in [3.8, 4) is 0 Å². The van der Waals surface area contributed by atoms with Gasteiger partial charge in [-0.1, -0.05) is 42.5 Å². The van der Waals surface area contributed by atoms with Crippen LogP contribution in [0.4, 0.5) is 5.69 Å². The smallest absolute Gasteiger partial charge is 0.339 e. The van der Waals surface area contributed by atoms with Crippen LogP contribution in [0, 0.1) is 13.8 Å². The lowest BCUT2D eigenvalue weighted by Crippen LogP contribution is -2.20. The molecule has 4 nitrogen and oxygen atoms in total. The monoisotopic (exact) mass is 387 g/mol. The van der Waals surface area contributed by atoms with Crippen molar-refractivity contribution in [1.29, 1.82) is 0 Å². The zero-order valence-corrected chi connectivity index (χ0v) is 17.2. The van der Waals surface area contributed by atoms with Crippen molar-refractivity contribution in [2.75, 3.05) is 19.0 Å². The van der Waals surface area contributed by atoms with Gasteiger partial charge in [-0.25, -0.2) is 4.79 Å². The summed E-state index contributed by atoms with van der Waals surface area (Å²) in [6, 6.07) is 21.8. The molecule has 0 N–H and O–H groups in total. The van der Waals surface area contributed by atoms with E-state index in [0.29, 0.717) is 16.7 Å². The Morgan fingerprint density at radius 1 is 0.793 bits per heavy atom. The highest BCUT2D eigenvalue weighted by atomic mass is 16.5. The van der Waals surface area contributed by atoms with Crippen LogP contribution in [0.1, 0.15) is 43.5 Å². The van der Waals surface area contributed by atoms with Gasteiger partial charge in [0, 0.05) is 30.9 Å². The number of rotatable bonds is 6. The third-order valence-electron chi connectivity index (χ3n) is 4.98. The van der Waals surface area contributed by atoms with Crippen molar-refractivity contribution in [3.05, 3.63) is 101 Å². The van der Waals surface area contributed by atoms with Crippen LogP contribution in [0.25, 0.3) is 0 Å². The Bertz CT molecular complexity index is 1010. The fraction of sp³-hybridized carbons (Fsp3) is 0.200. The molecule has 3 aromatic rings. The molecule has 0 radical (unpaired) electrons. The van der Waals surface area contributed by atoms with Crippen molar-refractivity contribution in [1.82, 2.24) is 0 Å². The number of nitrogens with zero attached hydrogens (tertiary/aromatic N) is 1. The standard InChI is InChI=1S/C25H25NO3/c1-17-10-11-21(16-18(17)2)23(27)24(19-8-6-5-7-9-19)29-25(28)20-12-14-22(15-13-20)26(3)4/h5-16,24H,1-4H3. The molecular formula is C25H25NO3. The summed E-state index contributed by atoms with van der Waals surface area (Å²) >= 11 is 0. The van der Waals surface area contributed by atoms with Gasteiger partial charge >= 0.3 is 5.97 Å². The molecular weight excluding hydrogens is 362 g/mol. The Morgan fingerprint density at radius 2 is 1.41 bits per heavy atom. The molecule has 0 fully saturated rings. The molecule has 148 valence electrons. The minimum absolute atomic E-state index is 0.238. The maximum absolute atomic E-state index is 13.2. The lowest BCUT2D eigenvalue weighted by Gasteiger charge is -2.18. The summed E-state index contributed by atoms with van der Waals surface area (Å²) in [4.78, 5) is 28.0. The van der Waals surface area contributed by atoms with Gasteiger partial charge in [-0.3, -0.25) is 4.79 Å². The number of carbonyl (C=O) groups is 2. The minimum Gasteiger partial charge on any atom is -0.445 e. The average molecular weight is 387 g/mol. The number of ether oxygens (including phenoxy) is 1. The van der Waals surface area contributed by atoms with E-state index in [1.807, 2.05) is 75.3 Å². The van der Waals surface area contributed by atoms with E-state index in [4.69, 9.17) is 4.74 Å². The van der Waals surface area contributed by atoms with Gasteiger partial charge in [-0.15, -0.1) is 0 Å². The van der Waals surface area contributed by atoms with Crippen LogP contribution in [0.5, 0.6) is 0 Å². The molecule has 0 spiro atoms. The van der Waals surface area contributed by atoms with Crippen LogP contribution in [0.3, 0.4) is 0 Å². The molecule has 3 rings (SSSR count). The van der Waals surface area contributed by atoms with Crippen molar-refractivity contribution >= 4 is 17.4 Å². The Morgan fingerprint density at radius 3 is 2.00 bits per heavy atom. The van der Waals surface area contributed by atoms with E-state index in [2.05, 4.69) is 0 Å². The first kappa shape index (κ1) is 20.3. The molecule has 0 amide bonds. The fourth-order valence-corrected chi connectivity index (χ4v) is 3.02. The van der Waals surface area contributed by atoms with E-state index >= 15 is 0 Å². The summed E-state index contributed by atoms with van der Waals surface area (Å²) in [5.74, 6) is -0.765. The van der Waals surface area contributed by atoms with Gasteiger partial charge in [0.25, 0.3) is 0 Å². The fourth-order valence-electron chi connectivity index (χ4n) is 3.02. The van der Waals surface area contributed by atoms with Gasteiger partial charge in [0.2, 0.25) is 5.78 Å². The third-order valence-corrected chi connectivity index (χ3v) is 4.98. The molecule has 1 unspecified atom stereocenters. The second kappa shape index (κ2) is 8.74. The maximum atomic E-state index is 13.2. The van der Waals surface area contributed by atoms with E-state index in [-0.39, 0.29) is 5.78 Å². The predicted molar refractivity (Wildman–Crippen MR) is 116 cm³/mol. The second-order valence-electron chi connectivity index (χ2n) is 7.30. The van der Waals surface area contributed by atoms with Gasteiger partial charge in [0.05, 0.1) is 5.56 Å². The van der Waals surface area contributed by atoms with Crippen LogP contribution >= 0.6 is 0 Å². The molecule has 0 heterocycles. The summed E-state index contributed by atoms with van der Waals surface area (Å²) in [6.45, 7) is 3.96. The van der Waals surface area contributed by atoms with E-state index in [1.54, 1.807) is 30.3 Å². The quantitative estimate of drug-likeness (QED) is 0.433. The van der Waals surface area contributed by atoms with E-state index in [1.165, 1.54) is 0 Å². The number of aryl methyl sites for hydroxylation is 2. The summed E-state index contributed by atoms with van der Waals surface area (Å²) in [5, 5.41) is 0. The van der Waals surface area contributed by atoms with Gasteiger partial charge in [0.1, 0.15) is 0 Å². The molecule has 0 aliphatic carbocycles. The Hall–Kier alpha value is -3.40. The highest BCUT2D eigenvalue weighted by Gasteiger charge is 2.27. The summed E-state index contributed by atoms with van der Waals surface area (Å²) < 4.78 is 5.71. The predicted octanol–water partition coefficient (Wildman–Crippen LogP) is 5.15. The number of benzene rings is 3. The number of hydrogen-bond donors (Lipinski definition) is 0. The molecule has 29 heavy (non-hydrogen) atoms. The van der Waals surface area contributed by atoms with Crippen LogP contribution in [0.2, 0.25) is 0 Å². The van der Waals surface area contributed by atoms with Gasteiger partial charge in [-0.2, -0.15) is 0 Å². The number of hydrogen-bond acceptors (Lipinski definition) is 4. The van der Waals surface area contributed by atoms with Gasteiger partial charge in [0.15, 0.2) is 6.10 Å². The average Bonchev–Trinajstić information content (AvgIpc) is 2.74.